The van der Waals surface area contributed by atoms with Gasteiger partial charge in [-0.1, -0.05) is 18.2 Å². The lowest BCUT2D eigenvalue weighted by Gasteiger charge is -2.15. The van der Waals surface area contributed by atoms with E-state index in [1.165, 1.54) is 11.1 Å². The van der Waals surface area contributed by atoms with Crippen LogP contribution in [0.25, 0.3) is 0 Å². The van der Waals surface area contributed by atoms with E-state index >= 15 is 0 Å². The van der Waals surface area contributed by atoms with Crippen LogP contribution >= 0.6 is 0 Å². The summed E-state index contributed by atoms with van der Waals surface area (Å²) in [5.41, 5.74) is 2.42. The van der Waals surface area contributed by atoms with E-state index in [0.29, 0.717) is 6.79 Å². The molecule has 4 nitrogen and oxygen atoms in total. The Kier molecular flexibility index (Phi) is 4.72. The minimum atomic E-state index is 0.199. The van der Waals surface area contributed by atoms with Crippen LogP contribution in [0.3, 0.4) is 0 Å². The number of nitrogens with one attached hydrogen (secondary N) is 1. The Morgan fingerprint density at radius 2 is 1.74 bits per heavy atom. The molecule has 23 heavy (non-hydrogen) atoms. The van der Waals surface area contributed by atoms with Crippen molar-refractivity contribution >= 4 is 0 Å². The number of hydrogen-bond donors (Lipinski definition) is 1. The Bertz CT molecular complexity index is 652. The molecule has 0 radical (unpaired) electrons. The Hall–Kier alpha value is -2.20. The summed E-state index contributed by atoms with van der Waals surface area (Å²) in [6, 6.07) is 14.5. The maximum Gasteiger partial charge on any atom is 0.231 e. The van der Waals surface area contributed by atoms with Crippen molar-refractivity contribution in [1.82, 2.24) is 5.32 Å². The molecule has 1 aliphatic heterocycles. The van der Waals surface area contributed by atoms with Crippen molar-refractivity contribution in [2.75, 3.05) is 6.79 Å². The summed E-state index contributed by atoms with van der Waals surface area (Å²) in [5, 5.41) is 3.53. The molecule has 0 aliphatic carbocycles. The highest BCUT2D eigenvalue weighted by molar-refractivity contribution is 5.45. The lowest BCUT2D eigenvalue weighted by atomic mass is 10.1. The molecule has 0 bridgehead atoms. The van der Waals surface area contributed by atoms with E-state index in [1.807, 2.05) is 38.1 Å². The van der Waals surface area contributed by atoms with Crippen LogP contribution in [0.1, 0.15) is 37.9 Å². The van der Waals surface area contributed by atoms with Gasteiger partial charge in [0.25, 0.3) is 0 Å². The zero-order valence-corrected chi connectivity index (χ0v) is 13.8. The van der Waals surface area contributed by atoms with Crippen LogP contribution in [0.4, 0.5) is 0 Å². The highest BCUT2D eigenvalue weighted by Gasteiger charge is 2.15. The quantitative estimate of drug-likeness (QED) is 0.873. The standard InChI is InChI=1S/C19H23NO3/c1-13(2)23-17-7-4-15(5-8-17)11-20-14(3)16-6-9-18-19(10-16)22-12-21-18/h4-10,13-14,20H,11-12H2,1-3H3. The Morgan fingerprint density at radius 3 is 2.48 bits per heavy atom. The Labute approximate surface area is 137 Å². The molecule has 0 saturated carbocycles. The summed E-state index contributed by atoms with van der Waals surface area (Å²) in [5.74, 6) is 2.56. The summed E-state index contributed by atoms with van der Waals surface area (Å²) >= 11 is 0. The number of hydrogen-bond acceptors (Lipinski definition) is 4. The molecule has 122 valence electrons. The van der Waals surface area contributed by atoms with E-state index < -0.39 is 0 Å². The number of rotatable bonds is 6. The second kappa shape index (κ2) is 6.92. The first-order valence-electron chi connectivity index (χ1n) is 8.00. The second-order valence-electron chi connectivity index (χ2n) is 6.03. The first-order valence-corrected chi connectivity index (χ1v) is 8.00. The van der Waals surface area contributed by atoms with Gasteiger partial charge in [0.05, 0.1) is 6.10 Å². The minimum absolute atomic E-state index is 0.199. The fraction of sp³-hybridized carbons (Fsp3) is 0.368. The molecule has 0 fully saturated rings. The molecule has 1 aliphatic rings. The van der Waals surface area contributed by atoms with Gasteiger partial charge in [-0.25, -0.2) is 0 Å². The molecule has 1 atom stereocenters. The second-order valence-corrected chi connectivity index (χ2v) is 6.03. The van der Waals surface area contributed by atoms with Gasteiger partial charge in [-0.2, -0.15) is 0 Å². The van der Waals surface area contributed by atoms with Crippen LogP contribution < -0.4 is 19.5 Å². The smallest absolute Gasteiger partial charge is 0.231 e. The van der Waals surface area contributed by atoms with E-state index in [-0.39, 0.29) is 12.1 Å². The summed E-state index contributed by atoms with van der Waals surface area (Å²) in [6.07, 6.45) is 0.199. The van der Waals surface area contributed by atoms with Gasteiger partial charge in [0, 0.05) is 12.6 Å². The predicted molar refractivity (Wildman–Crippen MR) is 90.0 cm³/mol. The topological polar surface area (TPSA) is 39.7 Å². The molecule has 0 amide bonds. The highest BCUT2D eigenvalue weighted by Crippen LogP contribution is 2.34. The van der Waals surface area contributed by atoms with Crippen LogP contribution in [0.15, 0.2) is 42.5 Å². The Balaban J connectivity index is 1.57. The average molecular weight is 313 g/mol. The fourth-order valence-corrected chi connectivity index (χ4v) is 2.53. The van der Waals surface area contributed by atoms with Crippen LogP contribution in [0.2, 0.25) is 0 Å². The third-order valence-corrected chi connectivity index (χ3v) is 3.80. The van der Waals surface area contributed by atoms with Crippen LogP contribution in [-0.4, -0.2) is 12.9 Å². The zero-order valence-electron chi connectivity index (χ0n) is 13.8. The molecule has 4 heteroatoms. The first kappa shape index (κ1) is 15.7. The largest absolute Gasteiger partial charge is 0.491 e. The minimum Gasteiger partial charge on any atom is -0.491 e. The third kappa shape index (κ3) is 3.96. The summed E-state index contributed by atoms with van der Waals surface area (Å²) < 4.78 is 16.4. The van der Waals surface area contributed by atoms with Gasteiger partial charge < -0.3 is 19.5 Å². The zero-order chi connectivity index (χ0) is 16.2. The van der Waals surface area contributed by atoms with Gasteiger partial charge in [0.1, 0.15) is 5.75 Å². The monoisotopic (exact) mass is 313 g/mol. The molecule has 0 saturated heterocycles. The van der Waals surface area contributed by atoms with Crippen molar-refractivity contribution in [3.8, 4) is 17.2 Å². The maximum atomic E-state index is 5.66. The van der Waals surface area contributed by atoms with Crippen molar-refractivity contribution in [2.24, 2.45) is 0 Å². The number of fused-ring (bicyclic) bond motifs is 1. The highest BCUT2D eigenvalue weighted by atomic mass is 16.7. The molecule has 1 unspecified atom stereocenters. The Morgan fingerprint density at radius 1 is 1.00 bits per heavy atom. The molecular weight excluding hydrogens is 290 g/mol. The van der Waals surface area contributed by atoms with E-state index in [1.54, 1.807) is 0 Å². The molecular formula is C19H23NO3. The van der Waals surface area contributed by atoms with Crippen molar-refractivity contribution in [1.29, 1.82) is 0 Å². The maximum absolute atomic E-state index is 5.66. The average Bonchev–Trinajstić information content (AvgIpc) is 3.01. The van der Waals surface area contributed by atoms with Gasteiger partial charge >= 0.3 is 0 Å². The fourth-order valence-electron chi connectivity index (χ4n) is 2.53. The SMILES string of the molecule is CC(C)Oc1ccc(CNC(C)c2ccc3c(c2)OCO3)cc1. The molecule has 3 rings (SSSR count). The van der Waals surface area contributed by atoms with Gasteiger partial charge in [-0.15, -0.1) is 0 Å². The normalized spacial score (nSPS) is 14.1. The van der Waals surface area contributed by atoms with Crippen LogP contribution in [0.5, 0.6) is 17.2 Å². The molecule has 1 N–H and O–H groups in total. The molecule has 1 heterocycles. The lowest BCUT2D eigenvalue weighted by Crippen LogP contribution is -2.18. The van der Waals surface area contributed by atoms with Crippen LogP contribution in [0, 0.1) is 0 Å². The van der Waals surface area contributed by atoms with Gasteiger partial charge in [0.2, 0.25) is 6.79 Å². The van der Waals surface area contributed by atoms with Gasteiger partial charge in [-0.05, 0) is 56.2 Å². The summed E-state index contributed by atoms with van der Waals surface area (Å²) in [4.78, 5) is 0. The van der Waals surface area contributed by atoms with Gasteiger partial charge in [0.15, 0.2) is 11.5 Å². The van der Waals surface area contributed by atoms with Gasteiger partial charge in [-0.3, -0.25) is 0 Å². The van der Waals surface area contributed by atoms with E-state index in [4.69, 9.17) is 14.2 Å². The van der Waals surface area contributed by atoms with Crippen molar-refractivity contribution in [2.45, 2.75) is 39.5 Å². The van der Waals surface area contributed by atoms with E-state index in [9.17, 15) is 0 Å². The first-order chi connectivity index (χ1) is 11.1. The summed E-state index contributed by atoms with van der Waals surface area (Å²) in [6.45, 7) is 7.32. The molecule has 2 aromatic rings. The molecule has 0 aromatic heterocycles. The number of benzene rings is 2. The lowest BCUT2D eigenvalue weighted by molar-refractivity contribution is 0.174. The number of ether oxygens (including phenoxy) is 3. The predicted octanol–water partition coefficient (Wildman–Crippen LogP) is 4.05. The van der Waals surface area contributed by atoms with E-state index in [2.05, 4.69) is 30.4 Å². The van der Waals surface area contributed by atoms with Crippen molar-refractivity contribution < 1.29 is 14.2 Å². The van der Waals surface area contributed by atoms with Crippen molar-refractivity contribution in [3.05, 3.63) is 53.6 Å². The van der Waals surface area contributed by atoms with E-state index in [0.717, 1.165) is 23.8 Å². The van der Waals surface area contributed by atoms with Crippen molar-refractivity contribution in [3.63, 3.8) is 0 Å². The third-order valence-electron chi connectivity index (χ3n) is 3.80. The van der Waals surface area contributed by atoms with Crippen LogP contribution in [-0.2, 0) is 6.54 Å². The summed E-state index contributed by atoms with van der Waals surface area (Å²) in [7, 11) is 0. The molecule has 2 aromatic carbocycles. The molecule has 0 spiro atoms.